The average Bonchev–Trinajstić information content (AvgIpc) is 2.49. The molecule has 1 aromatic rings. The maximum atomic E-state index is 12.4. The summed E-state index contributed by atoms with van der Waals surface area (Å²) in [7, 11) is 3.48. The van der Waals surface area contributed by atoms with E-state index in [4.69, 9.17) is 10.2 Å². The Kier molecular flexibility index (Phi) is 6.64. The molecule has 0 heterocycles. The van der Waals surface area contributed by atoms with Gasteiger partial charge in [-0.15, -0.1) is 0 Å². The minimum atomic E-state index is -1.02. The molecule has 0 fully saturated rings. The Morgan fingerprint density at radius 2 is 1.81 bits per heavy atom. The van der Waals surface area contributed by atoms with Gasteiger partial charge in [-0.2, -0.15) is 0 Å². The van der Waals surface area contributed by atoms with Crippen LogP contribution in [-0.2, 0) is 0 Å². The Morgan fingerprint density at radius 3 is 2.29 bits per heavy atom. The zero-order valence-corrected chi connectivity index (χ0v) is 12.2. The first-order chi connectivity index (χ1) is 10.0. The first-order valence-electron chi connectivity index (χ1n) is 6.62. The number of likely N-dealkylation sites (N-methyl/N-ethyl adjacent to an activating group) is 2. The molecule has 0 aromatic heterocycles. The lowest BCUT2D eigenvalue weighted by Crippen LogP contribution is -2.44. The van der Waals surface area contributed by atoms with E-state index in [1.54, 1.807) is 26.2 Å². The number of nitrogens with zero attached hydrogens (tertiary/aromatic N) is 2. The molecular formula is C14H21N3O4. The molecule has 1 aromatic carbocycles. The van der Waals surface area contributed by atoms with Crippen LogP contribution in [0.2, 0.25) is 0 Å². The second-order valence-corrected chi connectivity index (χ2v) is 4.53. The van der Waals surface area contributed by atoms with Crippen molar-refractivity contribution >= 4 is 17.7 Å². The van der Waals surface area contributed by atoms with E-state index in [9.17, 15) is 9.59 Å². The summed E-state index contributed by atoms with van der Waals surface area (Å²) in [6.45, 7) is 1.17. The second-order valence-electron chi connectivity index (χ2n) is 4.53. The van der Waals surface area contributed by atoms with Gasteiger partial charge in [0.15, 0.2) is 0 Å². The van der Waals surface area contributed by atoms with E-state index in [1.165, 1.54) is 21.9 Å². The van der Waals surface area contributed by atoms with E-state index in [0.717, 1.165) is 0 Å². The number of carboxylic acids is 1. The van der Waals surface area contributed by atoms with Crippen molar-refractivity contribution in [2.75, 3.05) is 45.2 Å². The number of urea groups is 1. The average molecular weight is 295 g/mol. The van der Waals surface area contributed by atoms with Crippen molar-refractivity contribution in [3.63, 3.8) is 0 Å². The summed E-state index contributed by atoms with van der Waals surface area (Å²) in [5.74, 6) is -1.02. The van der Waals surface area contributed by atoms with Crippen molar-refractivity contribution in [3.05, 3.63) is 29.8 Å². The summed E-state index contributed by atoms with van der Waals surface area (Å²) in [6.07, 6.45) is 0. The van der Waals surface area contributed by atoms with Crippen molar-refractivity contribution < 1.29 is 19.8 Å². The number of rotatable bonds is 7. The highest BCUT2D eigenvalue weighted by atomic mass is 16.4. The van der Waals surface area contributed by atoms with Gasteiger partial charge in [0.2, 0.25) is 0 Å². The van der Waals surface area contributed by atoms with E-state index in [-0.39, 0.29) is 24.7 Å². The molecule has 0 aliphatic rings. The Hall–Kier alpha value is -2.12. The summed E-state index contributed by atoms with van der Waals surface area (Å²) in [5.41, 5.74) is 0.703. The predicted molar refractivity (Wildman–Crippen MR) is 79.8 cm³/mol. The molecule has 116 valence electrons. The SMILES string of the molecule is CNCCN(C)C(=O)N(CCO)c1ccc(C(=O)O)cc1. The quantitative estimate of drug-likeness (QED) is 0.679. The van der Waals surface area contributed by atoms with Gasteiger partial charge in [-0.05, 0) is 31.3 Å². The first kappa shape index (κ1) is 16.9. The number of carbonyl (C=O) groups is 2. The number of carboxylic acid groups (broad SMARTS) is 1. The molecule has 1 rings (SSSR count). The van der Waals surface area contributed by atoms with E-state index in [0.29, 0.717) is 18.8 Å². The standard InChI is InChI=1S/C14H21N3O4/c1-15-7-8-16(2)14(21)17(9-10-18)12-5-3-11(4-6-12)13(19)20/h3-6,15,18H,7-10H2,1-2H3,(H,19,20). The maximum Gasteiger partial charge on any atom is 0.335 e. The zero-order chi connectivity index (χ0) is 15.8. The fraction of sp³-hybridized carbons (Fsp3) is 0.429. The van der Waals surface area contributed by atoms with Crippen LogP contribution in [0.5, 0.6) is 0 Å². The number of aliphatic hydroxyl groups excluding tert-OH is 1. The molecule has 0 saturated carbocycles. The van der Waals surface area contributed by atoms with Gasteiger partial charge < -0.3 is 20.4 Å². The van der Waals surface area contributed by atoms with Gasteiger partial charge in [-0.3, -0.25) is 4.90 Å². The van der Waals surface area contributed by atoms with Gasteiger partial charge >= 0.3 is 12.0 Å². The van der Waals surface area contributed by atoms with Crippen LogP contribution in [0.25, 0.3) is 0 Å². The Labute approximate surface area is 123 Å². The molecule has 0 unspecified atom stereocenters. The zero-order valence-electron chi connectivity index (χ0n) is 12.2. The fourth-order valence-electron chi connectivity index (χ4n) is 1.80. The van der Waals surface area contributed by atoms with Gasteiger partial charge in [-0.1, -0.05) is 0 Å². The third-order valence-corrected chi connectivity index (χ3v) is 3.00. The minimum Gasteiger partial charge on any atom is -0.478 e. The van der Waals surface area contributed by atoms with Crippen LogP contribution in [0.15, 0.2) is 24.3 Å². The molecule has 0 bridgehead atoms. The number of anilines is 1. The number of benzene rings is 1. The number of aliphatic hydroxyl groups is 1. The Bertz CT molecular complexity index is 476. The third kappa shape index (κ3) is 4.73. The highest BCUT2D eigenvalue weighted by Crippen LogP contribution is 2.16. The van der Waals surface area contributed by atoms with Crippen molar-refractivity contribution in [2.45, 2.75) is 0 Å². The lowest BCUT2D eigenvalue weighted by atomic mass is 10.2. The van der Waals surface area contributed by atoms with E-state index < -0.39 is 5.97 Å². The maximum absolute atomic E-state index is 12.4. The molecule has 0 radical (unpaired) electrons. The van der Waals surface area contributed by atoms with Crippen molar-refractivity contribution in [3.8, 4) is 0 Å². The number of nitrogens with one attached hydrogen (secondary N) is 1. The van der Waals surface area contributed by atoms with Crippen LogP contribution in [0, 0.1) is 0 Å². The molecule has 21 heavy (non-hydrogen) atoms. The van der Waals surface area contributed by atoms with Crippen LogP contribution in [0.1, 0.15) is 10.4 Å². The minimum absolute atomic E-state index is 0.148. The van der Waals surface area contributed by atoms with Gasteiger partial charge in [0.25, 0.3) is 0 Å². The molecule has 3 N–H and O–H groups in total. The molecular weight excluding hydrogens is 274 g/mol. The van der Waals surface area contributed by atoms with Gasteiger partial charge in [-0.25, -0.2) is 9.59 Å². The van der Waals surface area contributed by atoms with Crippen molar-refractivity contribution in [1.82, 2.24) is 10.2 Å². The number of aromatic carboxylic acids is 1. The first-order valence-corrected chi connectivity index (χ1v) is 6.62. The van der Waals surface area contributed by atoms with Gasteiger partial charge in [0.05, 0.1) is 18.7 Å². The van der Waals surface area contributed by atoms with Crippen LogP contribution < -0.4 is 10.2 Å². The van der Waals surface area contributed by atoms with E-state index >= 15 is 0 Å². The van der Waals surface area contributed by atoms with E-state index in [1.807, 2.05) is 0 Å². The lowest BCUT2D eigenvalue weighted by Gasteiger charge is -2.28. The van der Waals surface area contributed by atoms with Crippen molar-refractivity contribution in [2.24, 2.45) is 0 Å². The summed E-state index contributed by atoms with van der Waals surface area (Å²) < 4.78 is 0. The molecule has 0 aliphatic heterocycles. The molecule has 0 aliphatic carbocycles. The smallest absolute Gasteiger partial charge is 0.335 e. The highest BCUT2D eigenvalue weighted by molar-refractivity contribution is 5.93. The largest absolute Gasteiger partial charge is 0.478 e. The molecule has 0 atom stereocenters. The number of carbonyl (C=O) groups excluding carboxylic acids is 1. The molecule has 2 amide bonds. The molecule has 7 heteroatoms. The summed E-state index contributed by atoms with van der Waals surface area (Å²) >= 11 is 0. The van der Waals surface area contributed by atoms with Crippen LogP contribution in [0.4, 0.5) is 10.5 Å². The topological polar surface area (TPSA) is 93.1 Å². The fourth-order valence-corrected chi connectivity index (χ4v) is 1.80. The Morgan fingerprint density at radius 1 is 1.19 bits per heavy atom. The third-order valence-electron chi connectivity index (χ3n) is 3.00. The van der Waals surface area contributed by atoms with Crippen molar-refractivity contribution in [1.29, 1.82) is 0 Å². The normalized spacial score (nSPS) is 10.2. The van der Waals surface area contributed by atoms with E-state index in [2.05, 4.69) is 5.32 Å². The molecule has 0 spiro atoms. The molecule has 0 saturated heterocycles. The number of hydrogen-bond acceptors (Lipinski definition) is 4. The van der Waals surface area contributed by atoms with Crippen LogP contribution in [-0.4, -0.2) is 67.4 Å². The highest BCUT2D eigenvalue weighted by Gasteiger charge is 2.19. The summed E-state index contributed by atoms with van der Waals surface area (Å²) in [5, 5.41) is 21.0. The van der Waals surface area contributed by atoms with Gasteiger partial charge in [0.1, 0.15) is 0 Å². The predicted octanol–water partition coefficient (Wildman–Crippen LogP) is 0.455. The van der Waals surface area contributed by atoms with Crippen LogP contribution >= 0.6 is 0 Å². The van der Waals surface area contributed by atoms with Gasteiger partial charge in [0, 0.05) is 25.8 Å². The summed E-state index contributed by atoms with van der Waals surface area (Å²) in [6, 6.07) is 5.74. The lowest BCUT2D eigenvalue weighted by molar-refractivity contribution is 0.0697. The number of hydrogen-bond donors (Lipinski definition) is 3. The molecule has 7 nitrogen and oxygen atoms in total. The second kappa shape index (κ2) is 8.23. The number of amides is 2. The van der Waals surface area contributed by atoms with Crippen LogP contribution in [0.3, 0.4) is 0 Å². The Balaban J connectivity index is 2.89. The monoisotopic (exact) mass is 295 g/mol. The summed E-state index contributed by atoms with van der Waals surface area (Å²) in [4.78, 5) is 26.1.